The van der Waals surface area contributed by atoms with Gasteiger partial charge in [0.25, 0.3) is 0 Å². The van der Waals surface area contributed by atoms with Crippen LogP contribution in [0.5, 0.6) is 0 Å². The number of hydrogen-bond donors (Lipinski definition) is 2. The number of rotatable bonds is 6. The minimum atomic E-state index is -0.0127. The number of benzene rings is 1. The summed E-state index contributed by atoms with van der Waals surface area (Å²) in [5.41, 5.74) is 2.98. The molecule has 2 bridgehead atoms. The molecule has 0 saturated carbocycles. The van der Waals surface area contributed by atoms with E-state index in [1.165, 1.54) is 24.0 Å². The summed E-state index contributed by atoms with van der Waals surface area (Å²) in [6.07, 6.45) is 2.43. The molecule has 5 nitrogen and oxygen atoms in total. The second-order valence-electron chi connectivity index (χ2n) is 8.87. The topological polar surface area (TPSA) is 61.3 Å². The van der Waals surface area contributed by atoms with E-state index in [1.807, 2.05) is 0 Å². The summed E-state index contributed by atoms with van der Waals surface area (Å²) in [7, 11) is 0. The third kappa shape index (κ3) is 3.48. The summed E-state index contributed by atoms with van der Waals surface area (Å²) in [4.78, 5) is 12.2. The van der Waals surface area contributed by atoms with Gasteiger partial charge in [0, 0.05) is 24.4 Å². The number of aliphatic hydroxyl groups excluding tert-OH is 1. The second kappa shape index (κ2) is 7.70. The van der Waals surface area contributed by atoms with Crippen LogP contribution in [0, 0.1) is 5.92 Å². The molecule has 1 saturated heterocycles. The van der Waals surface area contributed by atoms with Crippen LogP contribution in [0.4, 0.5) is 11.6 Å². The van der Waals surface area contributed by atoms with Crippen molar-refractivity contribution in [2.75, 3.05) is 23.4 Å². The monoisotopic (exact) mass is 380 g/mol. The maximum atomic E-state index is 9.73. The number of aliphatic hydroxyl groups is 1. The Morgan fingerprint density at radius 3 is 2.54 bits per heavy atom. The molecule has 3 atom stereocenters. The highest BCUT2D eigenvalue weighted by molar-refractivity contribution is 5.55. The average Bonchev–Trinajstić information content (AvgIpc) is 2.72. The van der Waals surface area contributed by atoms with E-state index < -0.39 is 0 Å². The first-order valence-electron chi connectivity index (χ1n) is 10.6. The first kappa shape index (κ1) is 19.2. The van der Waals surface area contributed by atoms with E-state index in [2.05, 4.69) is 68.2 Å². The molecule has 2 aromatic rings. The van der Waals surface area contributed by atoms with Gasteiger partial charge in [0.15, 0.2) is 0 Å². The predicted molar refractivity (Wildman–Crippen MR) is 114 cm³/mol. The Morgan fingerprint density at radius 2 is 1.86 bits per heavy atom. The van der Waals surface area contributed by atoms with Crippen molar-refractivity contribution in [3.8, 4) is 0 Å². The Hall–Kier alpha value is -2.14. The van der Waals surface area contributed by atoms with E-state index in [0.29, 0.717) is 17.9 Å². The van der Waals surface area contributed by atoms with E-state index >= 15 is 0 Å². The molecule has 28 heavy (non-hydrogen) atoms. The third-order valence-corrected chi connectivity index (χ3v) is 6.25. The summed E-state index contributed by atoms with van der Waals surface area (Å²) in [5, 5.41) is 13.2. The molecule has 0 amide bonds. The molecule has 1 fully saturated rings. The fraction of sp³-hybridized carbons (Fsp3) is 0.565. The van der Waals surface area contributed by atoms with Crippen molar-refractivity contribution in [2.24, 2.45) is 5.92 Å². The van der Waals surface area contributed by atoms with Gasteiger partial charge in [0.2, 0.25) is 0 Å². The molecule has 0 spiro atoms. The number of piperidine rings is 1. The van der Waals surface area contributed by atoms with Gasteiger partial charge in [-0.05, 0) is 29.9 Å². The lowest BCUT2D eigenvalue weighted by molar-refractivity contribution is 0.249. The van der Waals surface area contributed by atoms with Crippen LogP contribution < -0.4 is 10.2 Å². The lowest BCUT2D eigenvalue weighted by Gasteiger charge is -2.47. The van der Waals surface area contributed by atoms with Gasteiger partial charge in [-0.1, -0.05) is 52.0 Å². The smallest absolute Gasteiger partial charge is 0.135 e. The molecule has 2 aliphatic heterocycles. The van der Waals surface area contributed by atoms with Crippen LogP contribution in [0.15, 0.2) is 30.3 Å². The normalized spacial score (nSPS) is 21.9. The number of nitrogens with zero attached hydrogens (tertiary/aromatic N) is 3. The van der Waals surface area contributed by atoms with Crippen LogP contribution in [0.2, 0.25) is 0 Å². The first-order valence-corrected chi connectivity index (χ1v) is 10.6. The van der Waals surface area contributed by atoms with Crippen LogP contribution in [0.3, 0.4) is 0 Å². The lowest BCUT2D eigenvalue weighted by atomic mass is 9.75. The van der Waals surface area contributed by atoms with E-state index in [9.17, 15) is 5.11 Å². The van der Waals surface area contributed by atoms with Crippen molar-refractivity contribution in [3.05, 3.63) is 47.3 Å². The summed E-state index contributed by atoms with van der Waals surface area (Å²) in [6, 6.07) is 11.3. The summed E-state index contributed by atoms with van der Waals surface area (Å²) in [5.74, 6) is 3.83. The number of fused-ring (bicyclic) bond motifs is 2. The van der Waals surface area contributed by atoms with Crippen LogP contribution >= 0.6 is 0 Å². The highest BCUT2D eigenvalue weighted by atomic mass is 16.3. The van der Waals surface area contributed by atoms with Gasteiger partial charge in [-0.2, -0.15) is 0 Å². The Bertz CT molecular complexity index is 835. The van der Waals surface area contributed by atoms with Gasteiger partial charge in [-0.25, -0.2) is 9.97 Å². The minimum absolute atomic E-state index is 0.0127. The molecule has 2 N–H and O–H groups in total. The molecule has 5 heteroatoms. The van der Waals surface area contributed by atoms with Crippen LogP contribution in [-0.2, 0) is 0 Å². The molecule has 3 aliphatic rings. The fourth-order valence-corrected chi connectivity index (χ4v) is 4.53. The van der Waals surface area contributed by atoms with Gasteiger partial charge in [-0.15, -0.1) is 0 Å². The van der Waals surface area contributed by atoms with Gasteiger partial charge >= 0.3 is 0 Å². The van der Waals surface area contributed by atoms with Crippen molar-refractivity contribution in [2.45, 2.75) is 64.5 Å². The summed E-state index contributed by atoms with van der Waals surface area (Å²) < 4.78 is 0. The molecule has 1 aromatic carbocycles. The second-order valence-corrected chi connectivity index (χ2v) is 8.87. The van der Waals surface area contributed by atoms with E-state index in [1.54, 1.807) is 0 Å². The van der Waals surface area contributed by atoms with Gasteiger partial charge in [-0.3, -0.25) is 0 Å². The Balaban J connectivity index is 1.70. The molecular formula is C23H32N4O. The number of anilines is 2. The van der Waals surface area contributed by atoms with E-state index in [0.717, 1.165) is 24.0 Å². The highest BCUT2D eigenvalue weighted by Gasteiger charge is 2.38. The molecule has 0 unspecified atom stereocenters. The molecule has 150 valence electrons. The van der Waals surface area contributed by atoms with Crippen LogP contribution in [-0.4, -0.2) is 34.3 Å². The summed E-state index contributed by atoms with van der Waals surface area (Å²) in [6.45, 7) is 9.60. The molecule has 1 aliphatic carbocycles. The zero-order valence-corrected chi connectivity index (χ0v) is 17.4. The van der Waals surface area contributed by atoms with Crippen molar-refractivity contribution in [3.63, 3.8) is 0 Å². The standard InChI is InChI=1S/C23H32N4O/c1-14(2)19(13-28)24-21-11-22(26-23(25-21)15(3)4)27-12-16-9-10-20(27)18-8-6-5-7-17(16)18/h5-8,11,14-16,19-20,28H,9-10,12-13H2,1-4H3,(H,24,25,26)/t16-,19+,20+/m1/s1. The van der Waals surface area contributed by atoms with Gasteiger partial charge in [0.05, 0.1) is 18.7 Å². The lowest BCUT2D eigenvalue weighted by Crippen LogP contribution is -2.43. The maximum absolute atomic E-state index is 9.73. The molecule has 5 rings (SSSR count). The largest absolute Gasteiger partial charge is 0.394 e. The molecule has 3 heterocycles. The molecule has 1 aromatic heterocycles. The quantitative estimate of drug-likeness (QED) is 0.774. The number of nitrogens with one attached hydrogen (secondary N) is 1. The summed E-state index contributed by atoms with van der Waals surface area (Å²) >= 11 is 0. The Morgan fingerprint density at radius 1 is 1.11 bits per heavy atom. The molecule has 0 radical (unpaired) electrons. The maximum Gasteiger partial charge on any atom is 0.135 e. The van der Waals surface area contributed by atoms with Gasteiger partial charge in [0.1, 0.15) is 17.5 Å². The van der Waals surface area contributed by atoms with E-state index in [4.69, 9.17) is 9.97 Å². The predicted octanol–water partition coefficient (Wildman–Crippen LogP) is 4.47. The van der Waals surface area contributed by atoms with Crippen molar-refractivity contribution >= 4 is 11.6 Å². The zero-order chi connectivity index (χ0) is 19.8. The van der Waals surface area contributed by atoms with Crippen molar-refractivity contribution in [1.29, 1.82) is 0 Å². The zero-order valence-electron chi connectivity index (χ0n) is 17.4. The fourth-order valence-electron chi connectivity index (χ4n) is 4.53. The average molecular weight is 381 g/mol. The van der Waals surface area contributed by atoms with E-state index in [-0.39, 0.29) is 18.6 Å². The minimum Gasteiger partial charge on any atom is -0.394 e. The number of aromatic nitrogens is 2. The Labute approximate surface area is 168 Å². The highest BCUT2D eigenvalue weighted by Crippen LogP contribution is 2.48. The van der Waals surface area contributed by atoms with Crippen molar-refractivity contribution < 1.29 is 5.11 Å². The first-order chi connectivity index (χ1) is 13.5. The molecular weight excluding hydrogens is 348 g/mol. The SMILES string of the molecule is CC(C)c1nc(N[C@@H](CO)C(C)C)cc(N2C[C@H]3CC[C@H]2c2ccccc23)n1. The van der Waals surface area contributed by atoms with Crippen molar-refractivity contribution in [1.82, 2.24) is 9.97 Å². The van der Waals surface area contributed by atoms with Gasteiger partial charge < -0.3 is 15.3 Å². The third-order valence-electron chi connectivity index (χ3n) is 6.25. The number of hydrogen-bond acceptors (Lipinski definition) is 5. The van der Waals surface area contributed by atoms with Crippen LogP contribution in [0.25, 0.3) is 0 Å². The Kier molecular flexibility index (Phi) is 5.28. The van der Waals surface area contributed by atoms with Crippen LogP contribution in [0.1, 0.15) is 75.4 Å².